The highest BCUT2D eigenvalue weighted by molar-refractivity contribution is 14.0. The average molecular weight is 492 g/mol. The third-order valence-electron chi connectivity index (χ3n) is 3.53. The van der Waals surface area contributed by atoms with Gasteiger partial charge in [0.25, 0.3) is 0 Å². The number of anilines is 2. The van der Waals surface area contributed by atoms with Crippen LogP contribution in [0, 0.1) is 17.5 Å². The molecule has 2 rings (SSSR count). The lowest BCUT2D eigenvalue weighted by atomic mass is 10.0. The van der Waals surface area contributed by atoms with Crippen molar-refractivity contribution < 1.29 is 18.0 Å². The number of carbonyl (C=O) groups is 1. The van der Waals surface area contributed by atoms with Gasteiger partial charge < -0.3 is 16.4 Å². The monoisotopic (exact) mass is 492 g/mol. The molecule has 1 amide bonds. The molecular formula is C18H20F3IN4O. The van der Waals surface area contributed by atoms with Gasteiger partial charge in [0.2, 0.25) is 5.91 Å². The minimum atomic E-state index is -1.66. The van der Waals surface area contributed by atoms with Crippen molar-refractivity contribution in [2.24, 2.45) is 10.7 Å². The Hall–Kier alpha value is -2.30. The number of amides is 1. The van der Waals surface area contributed by atoms with Crippen LogP contribution < -0.4 is 16.4 Å². The Bertz CT molecular complexity index is 843. The molecule has 2 aromatic carbocycles. The molecule has 0 aliphatic heterocycles. The first-order valence-corrected chi connectivity index (χ1v) is 7.88. The zero-order chi connectivity index (χ0) is 19.3. The maximum absolute atomic E-state index is 13.5. The number of nitrogens with one attached hydrogen (secondary N) is 2. The maximum atomic E-state index is 13.5. The van der Waals surface area contributed by atoms with Crippen molar-refractivity contribution in [1.82, 2.24) is 0 Å². The van der Waals surface area contributed by atoms with Gasteiger partial charge in [0.1, 0.15) is 6.54 Å². The van der Waals surface area contributed by atoms with E-state index in [1.807, 2.05) is 18.2 Å². The van der Waals surface area contributed by atoms with E-state index < -0.39 is 35.6 Å². The normalized spacial score (nSPS) is 11.1. The number of nitrogens with two attached hydrogens (primary N) is 1. The Morgan fingerprint density at radius 2 is 1.81 bits per heavy atom. The Morgan fingerprint density at radius 3 is 2.48 bits per heavy atom. The minimum absolute atomic E-state index is 0. The number of carbonyl (C=O) groups excluding carboxylic acids is 1. The van der Waals surface area contributed by atoms with Crippen molar-refractivity contribution in [1.29, 1.82) is 0 Å². The van der Waals surface area contributed by atoms with Crippen LogP contribution in [0.15, 0.2) is 41.4 Å². The molecule has 0 aromatic heterocycles. The van der Waals surface area contributed by atoms with Crippen LogP contribution in [0.5, 0.6) is 0 Å². The molecule has 27 heavy (non-hydrogen) atoms. The molecule has 0 radical (unpaired) electrons. The highest BCUT2D eigenvalue weighted by Gasteiger charge is 2.15. The van der Waals surface area contributed by atoms with Crippen molar-refractivity contribution in [3.05, 3.63) is 59.4 Å². The fourth-order valence-electron chi connectivity index (χ4n) is 2.13. The molecule has 0 spiro atoms. The lowest BCUT2D eigenvalue weighted by Crippen LogP contribution is -2.25. The third kappa shape index (κ3) is 6.42. The van der Waals surface area contributed by atoms with E-state index in [-0.39, 0.29) is 29.9 Å². The first-order chi connectivity index (χ1) is 12.3. The van der Waals surface area contributed by atoms with Crippen molar-refractivity contribution in [2.75, 3.05) is 17.2 Å². The topological polar surface area (TPSA) is 79.5 Å². The van der Waals surface area contributed by atoms with Crippen LogP contribution in [0.3, 0.4) is 0 Å². The SMILES string of the molecule is CC(C)c1cccc(NC(N)=NCC(=O)Nc2ccc(F)c(F)c2F)c1.I. The molecule has 146 valence electrons. The van der Waals surface area contributed by atoms with Crippen molar-refractivity contribution in [2.45, 2.75) is 19.8 Å². The molecule has 0 aliphatic carbocycles. The summed E-state index contributed by atoms with van der Waals surface area (Å²) in [5.74, 6) is -4.86. The van der Waals surface area contributed by atoms with Crippen LogP contribution in [-0.2, 0) is 4.79 Å². The van der Waals surface area contributed by atoms with E-state index in [0.29, 0.717) is 11.6 Å². The predicted octanol–water partition coefficient (Wildman–Crippen LogP) is 4.21. The number of aliphatic imine (C=N–C) groups is 1. The van der Waals surface area contributed by atoms with Crippen molar-refractivity contribution >= 4 is 47.2 Å². The van der Waals surface area contributed by atoms with Gasteiger partial charge in [0, 0.05) is 5.69 Å². The molecule has 5 nitrogen and oxygen atoms in total. The smallest absolute Gasteiger partial charge is 0.246 e. The zero-order valence-corrected chi connectivity index (χ0v) is 17.1. The fraction of sp³-hybridized carbons (Fsp3) is 0.222. The second-order valence-corrected chi connectivity index (χ2v) is 5.88. The number of hydrogen-bond donors (Lipinski definition) is 3. The summed E-state index contributed by atoms with van der Waals surface area (Å²) in [4.78, 5) is 15.6. The van der Waals surface area contributed by atoms with Crippen molar-refractivity contribution in [3.8, 4) is 0 Å². The highest BCUT2D eigenvalue weighted by Crippen LogP contribution is 2.20. The van der Waals surface area contributed by atoms with E-state index in [1.54, 1.807) is 6.07 Å². The summed E-state index contributed by atoms with van der Waals surface area (Å²) in [6.45, 7) is 3.69. The molecule has 0 heterocycles. The van der Waals surface area contributed by atoms with Gasteiger partial charge in [0.05, 0.1) is 5.69 Å². The number of guanidine groups is 1. The molecule has 0 unspecified atom stereocenters. The van der Waals surface area contributed by atoms with E-state index in [4.69, 9.17) is 5.73 Å². The fourth-order valence-corrected chi connectivity index (χ4v) is 2.13. The summed E-state index contributed by atoms with van der Waals surface area (Å²) in [6.07, 6.45) is 0. The van der Waals surface area contributed by atoms with Crippen LogP contribution in [-0.4, -0.2) is 18.4 Å². The van der Waals surface area contributed by atoms with Crippen LogP contribution in [0.1, 0.15) is 25.3 Å². The quantitative estimate of drug-likeness (QED) is 0.253. The summed E-state index contributed by atoms with van der Waals surface area (Å²) >= 11 is 0. The molecule has 0 atom stereocenters. The Morgan fingerprint density at radius 1 is 1.11 bits per heavy atom. The van der Waals surface area contributed by atoms with Gasteiger partial charge in [-0.15, -0.1) is 24.0 Å². The van der Waals surface area contributed by atoms with Gasteiger partial charge in [-0.3, -0.25) is 4.79 Å². The van der Waals surface area contributed by atoms with Gasteiger partial charge in [-0.25, -0.2) is 18.2 Å². The van der Waals surface area contributed by atoms with E-state index in [0.717, 1.165) is 17.7 Å². The summed E-state index contributed by atoms with van der Waals surface area (Å²) < 4.78 is 39.5. The van der Waals surface area contributed by atoms with Crippen LogP contribution in [0.4, 0.5) is 24.5 Å². The largest absolute Gasteiger partial charge is 0.370 e. The Labute approximate surface area is 172 Å². The first kappa shape index (κ1) is 22.7. The minimum Gasteiger partial charge on any atom is -0.370 e. The summed E-state index contributed by atoms with van der Waals surface area (Å²) in [5.41, 5.74) is 7.07. The lowest BCUT2D eigenvalue weighted by molar-refractivity contribution is -0.114. The van der Waals surface area contributed by atoms with Gasteiger partial charge in [-0.05, 0) is 35.7 Å². The Kier molecular flexibility index (Phi) is 8.54. The molecule has 0 bridgehead atoms. The van der Waals surface area contributed by atoms with Gasteiger partial charge >= 0.3 is 0 Å². The molecule has 4 N–H and O–H groups in total. The summed E-state index contributed by atoms with van der Waals surface area (Å²) in [5, 5.41) is 4.96. The number of hydrogen-bond acceptors (Lipinski definition) is 2. The number of nitrogens with zero attached hydrogens (tertiary/aromatic N) is 1. The van der Waals surface area contributed by atoms with Crippen LogP contribution >= 0.6 is 24.0 Å². The van der Waals surface area contributed by atoms with Gasteiger partial charge in [-0.2, -0.15) is 0 Å². The molecule has 0 fully saturated rings. The molecular weight excluding hydrogens is 472 g/mol. The standard InChI is InChI=1S/C18H19F3N4O.HI/c1-10(2)11-4-3-5-12(8-11)24-18(22)23-9-15(26)25-14-7-6-13(19)16(20)17(14)21;/h3-8,10H,9H2,1-2H3,(H,25,26)(H3,22,23,24);1H. The van der Waals surface area contributed by atoms with Gasteiger partial charge in [0.15, 0.2) is 23.4 Å². The zero-order valence-electron chi connectivity index (χ0n) is 14.7. The number of benzene rings is 2. The Balaban J connectivity index is 0.00000364. The first-order valence-electron chi connectivity index (χ1n) is 7.88. The van der Waals surface area contributed by atoms with Crippen molar-refractivity contribution in [3.63, 3.8) is 0 Å². The average Bonchev–Trinajstić information content (AvgIpc) is 2.60. The predicted molar refractivity (Wildman–Crippen MR) is 111 cm³/mol. The maximum Gasteiger partial charge on any atom is 0.246 e. The molecule has 0 saturated carbocycles. The molecule has 0 saturated heterocycles. The van der Waals surface area contributed by atoms with Crippen LogP contribution in [0.25, 0.3) is 0 Å². The van der Waals surface area contributed by atoms with Crippen LogP contribution in [0.2, 0.25) is 0 Å². The molecule has 0 aliphatic rings. The molecule has 2 aromatic rings. The number of rotatable bonds is 5. The number of halogens is 4. The summed E-state index contributed by atoms with van der Waals surface area (Å²) in [7, 11) is 0. The summed E-state index contributed by atoms with van der Waals surface area (Å²) in [6, 6.07) is 9.19. The van der Waals surface area contributed by atoms with E-state index in [1.165, 1.54) is 0 Å². The second-order valence-electron chi connectivity index (χ2n) is 5.88. The van der Waals surface area contributed by atoms with E-state index >= 15 is 0 Å². The third-order valence-corrected chi connectivity index (χ3v) is 3.53. The van der Waals surface area contributed by atoms with E-state index in [9.17, 15) is 18.0 Å². The lowest BCUT2D eigenvalue weighted by Gasteiger charge is -2.10. The van der Waals surface area contributed by atoms with E-state index in [2.05, 4.69) is 29.5 Å². The van der Waals surface area contributed by atoms with Gasteiger partial charge in [-0.1, -0.05) is 26.0 Å². The second kappa shape index (κ2) is 10.1. The molecule has 9 heteroatoms. The highest BCUT2D eigenvalue weighted by atomic mass is 127.